The van der Waals surface area contributed by atoms with E-state index in [0.717, 1.165) is 11.1 Å². The molecule has 0 saturated carbocycles. The molecule has 0 atom stereocenters. The molecule has 14 heavy (non-hydrogen) atoms. The topological polar surface area (TPSA) is 23.9 Å². The van der Waals surface area contributed by atoms with Crippen LogP contribution < -0.4 is 0 Å². The minimum absolute atomic E-state index is 0.936. The van der Waals surface area contributed by atoms with E-state index in [0.29, 0.717) is 0 Å². The maximum absolute atomic E-state index is 7.18. The average Bonchev–Trinajstić information content (AvgIpc) is 2.30. The van der Waals surface area contributed by atoms with E-state index in [1.165, 1.54) is 11.8 Å². The lowest BCUT2D eigenvalue weighted by molar-refractivity contribution is 1.53. The van der Waals surface area contributed by atoms with Crippen LogP contribution in [0.15, 0.2) is 54.6 Å². The summed E-state index contributed by atoms with van der Waals surface area (Å²) < 4.78 is 0. The fourth-order valence-electron chi connectivity index (χ4n) is 1.44. The fraction of sp³-hybridized carbons (Fsp3) is 0. The number of nitrogens with one attached hydrogen (secondary N) is 1. The Morgan fingerprint density at radius 2 is 1.50 bits per heavy atom. The predicted molar refractivity (Wildman–Crippen MR) is 59.8 cm³/mol. The molecule has 1 heteroatoms. The first-order chi connectivity index (χ1) is 6.90. The van der Waals surface area contributed by atoms with Crippen LogP contribution in [-0.2, 0) is 0 Å². The van der Waals surface area contributed by atoms with Crippen molar-refractivity contribution in [3.63, 3.8) is 0 Å². The molecule has 1 nitrogen and oxygen atoms in total. The summed E-state index contributed by atoms with van der Waals surface area (Å²) in [6, 6.07) is 18.2. The molecule has 0 aliphatic rings. The fourth-order valence-corrected chi connectivity index (χ4v) is 1.44. The summed E-state index contributed by atoms with van der Waals surface area (Å²) in [6.45, 7) is 0. The van der Waals surface area contributed by atoms with E-state index >= 15 is 0 Å². The highest BCUT2D eigenvalue weighted by atomic mass is 14.3. The normalized spacial score (nSPS) is 9.71. The van der Waals surface area contributed by atoms with Crippen molar-refractivity contribution in [2.75, 3.05) is 0 Å². The third-order valence-corrected chi connectivity index (χ3v) is 2.16. The molecule has 68 valence electrons. The van der Waals surface area contributed by atoms with E-state index in [2.05, 4.69) is 18.2 Å². The zero-order valence-electron chi connectivity index (χ0n) is 7.77. The molecule has 0 aromatic heterocycles. The van der Waals surface area contributed by atoms with Gasteiger partial charge in [-0.25, -0.2) is 0 Å². The Bertz CT molecular complexity index is 432. The number of rotatable bonds is 2. The summed E-state index contributed by atoms with van der Waals surface area (Å²) in [5, 5.41) is 7.18. The van der Waals surface area contributed by atoms with Gasteiger partial charge in [-0.15, -0.1) is 0 Å². The van der Waals surface area contributed by atoms with Crippen LogP contribution in [0, 0.1) is 5.41 Å². The summed E-state index contributed by atoms with van der Waals surface area (Å²) in [5.74, 6) is 0. The van der Waals surface area contributed by atoms with Crippen molar-refractivity contribution in [2.45, 2.75) is 0 Å². The highest BCUT2D eigenvalue weighted by molar-refractivity contribution is 5.80. The Hall–Kier alpha value is -1.89. The highest BCUT2D eigenvalue weighted by Gasteiger charge is 1.95. The van der Waals surface area contributed by atoms with E-state index < -0.39 is 0 Å². The van der Waals surface area contributed by atoms with Crippen molar-refractivity contribution in [2.24, 2.45) is 0 Å². The van der Waals surface area contributed by atoms with Crippen molar-refractivity contribution in [1.29, 1.82) is 5.41 Å². The first-order valence-electron chi connectivity index (χ1n) is 4.56. The molecular formula is C13H11N. The van der Waals surface area contributed by atoms with Crippen LogP contribution in [0.1, 0.15) is 5.56 Å². The molecule has 0 heterocycles. The van der Waals surface area contributed by atoms with Crippen LogP contribution in [0.5, 0.6) is 0 Å². The van der Waals surface area contributed by atoms with Crippen LogP contribution in [0.2, 0.25) is 0 Å². The Morgan fingerprint density at radius 3 is 2.21 bits per heavy atom. The molecular weight excluding hydrogens is 170 g/mol. The lowest BCUT2D eigenvalue weighted by Gasteiger charge is -2.01. The van der Waals surface area contributed by atoms with Gasteiger partial charge in [0.25, 0.3) is 0 Å². The van der Waals surface area contributed by atoms with E-state index in [1.807, 2.05) is 36.4 Å². The molecule has 0 aliphatic heterocycles. The monoisotopic (exact) mass is 181 g/mol. The quantitative estimate of drug-likeness (QED) is 0.687. The average molecular weight is 181 g/mol. The van der Waals surface area contributed by atoms with Crippen LogP contribution in [0.3, 0.4) is 0 Å². The summed E-state index contributed by atoms with van der Waals surface area (Å²) in [7, 11) is 0. The number of benzene rings is 2. The van der Waals surface area contributed by atoms with Gasteiger partial charge in [0.2, 0.25) is 0 Å². The van der Waals surface area contributed by atoms with E-state index in [-0.39, 0.29) is 0 Å². The zero-order chi connectivity index (χ0) is 9.80. The van der Waals surface area contributed by atoms with E-state index in [9.17, 15) is 0 Å². The van der Waals surface area contributed by atoms with Crippen LogP contribution in [0.4, 0.5) is 0 Å². The number of hydrogen-bond acceptors (Lipinski definition) is 1. The second-order valence-corrected chi connectivity index (χ2v) is 3.14. The first kappa shape index (κ1) is 8.70. The molecule has 0 unspecified atom stereocenters. The minimum atomic E-state index is 0.936. The maximum Gasteiger partial charge on any atom is 0.0250 e. The van der Waals surface area contributed by atoms with Crippen molar-refractivity contribution < 1.29 is 0 Å². The van der Waals surface area contributed by atoms with Gasteiger partial charge in [-0.05, 0) is 22.8 Å². The lowest BCUT2D eigenvalue weighted by atomic mass is 10.0. The van der Waals surface area contributed by atoms with Crippen LogP contribution >= 0.6 is 0 Å². The SMILES string of the molecule is N=Cc1cccc(-c2ccccc2)c1. The van der Waals surface area contributed by atoms with Gasteiger partial charge in [0.15, 0.2) is 0 Å². The van der Waals surface area contributed by atoms with Crippen LogP contribution in [0.25, 0.3) is 11.1 Å². The Labute approximate surface area is 83.5 Å². The smallest absolute Gasteiger partial charge is 0.0250 e. The molecule has 2 aromatic rings. The first-order valence-corrected chi connectivity index (χ1v) is 4.56. The second kappa shape index (κ2) is 3.88. The summed E-state index contributed by atoms with van der Waals surface area (Å²) in [6.07, 6.45) is 1.37. The molecule has 0 aliphatic carbocycles. The second-order valence-electron chi connectivity index (χ2n) is 3.14. The Kier molecular flexibility index (Phi) is 2.41. The molecule has 0 radical (unpaired) electrons. The van der Waals surface area contributed by atoms with Gasteiger partial charge in [-0.1, -0.05) is 48.5 Å². The number of hydrogen-bond donors (Lipinski definition) is 1. The zero-order valence-corrected chi connectivity index (χ0v) is 7.77. The van der Waals surface area contributed by atoms with Gasteiger partial charge < -0.3 is 5.41 Å². The molecule has 0 bridgehead atoms. The van der Waals surface area contributed by atoms with Crippen LogP contribution in [-0.4, -0.2) is 6.21 Å². The van der Waals surface area contributed by atoms with Crippen molar-refractivity contribution in [1.82, 2.24) is 0 Å². The molecule has 0 amide bonds. The largest absolute Gasteiger partial charge is 0.308 e. The standard InChI is InChI=1S/C13H11N/c14-10-11-5-4-8-13(9-11)12-6-2-1-3-7-12/h1-10,14H. The third kappa shape index (κ3) is 1.72. The molecule has 2 aromatic carbocycles. The van der Waals surface area contributed by atoms with Crippen molar-refractivity contribution in [3.05, 3.63) is 60.2 Å². The van der Waals surface area contributed by atoms with Gasteiger partial charge in [-0.2, -0.15) is 0 Å². The van der Waals surface area contributed by atoms with Gasteiger partial charge in [-0.3, -0.25) is 0 Å². The molecule has 0 saturated heterocycles. The lowest BCUT2D eigenvalue weighted by Crippen LogP contribution is -1.81. The van der Waals surface area contributed by atoms with Gasteiger partial charge >= 0.3 is 0 Å². The molecule has 0 fully saturated rings. The van der Waals surface area contributed by atoms with Gasteiger partial charge in [0.1, 0.15) is 0 Å². The predicted octanol–water partition coefficient (Wildman–Crippen LogP) is 3.35. The molecule has 0 spiro atoms. The maximum atomic E-state index is 7.18. The highest BCUT2D eigenvalue weighted by Crippen LogP contribution is 2.18. The summed E-state index contributed by atoms with van der Waals surface area (Å²) >= 11 is 0. The van der Waals surface area contributed by atoms with Crippen molar-refractivity contribution >= 4 is 6.21 Å². The summed E-state index contributed by atoms with van der Waals surface area (Å²) in [5.41, 5.74) is 3.29. The van der Waals surface area contributed by atoms with Gasteiger partial charge in [0, 0.05) is 6.21 Å². The minimum Gasteiger partial charge on any atom is -0.308 e. The van der Waals surface area contributed by atoms with Crippen molar-refractivity contribution in [3.8, 4) is 11.1 Å². The Morgan fingerprint density at radius 1 is 0.786 bits per heavy atom. The van der Waals surface area contributed by atoms with E-state index in [4.69, 9.17) is 5.41 Å². The summed E-state index contributed by atoms with van der Waals surface area (Å²) in [4.78, 5) is 0. The van der Waals surface area contributed by atoms with E-state index in [1.54, 1.807) is 0 Å². The molecule has 1 N–H and O–H groups in total. The van der Waals surface area contributed by atoms with Gasteiger partial charge in [0.05, 0.1) is 0 Å². The third-order valence-electron chi connectivity index (χ3n) is 2.16. The Balaban J connectivity index is 2.47. The molecule has 2 rings (SSSR count).